The fourth-order valence-corrected chi connectivity index (χ4v) is 12.2. The van der Waals surface area contributed by atoms with Crippen molar-refractivity contribution in [2.45, 2.75) is 105 Å². The van der Waals surface area contributed by atoms with Gasteiger partial charge in [0, 0.05) is 11.0 Å². The Hall–Kier alpha value is -1.94. The lowest BCUT2D eigenvalue weighted by molar-refractivity contribution is -0.216. The lowest BCUT2D eigenvalue weighted by Crippen LogP contribution is -2.68. The average Bonchev–Trinajstić information content (AvgIpc) is 3.29. The molecular weight excluding hydrogens is 506 g/mol. The molecule has 224 valence electrons. The first-order valence-corrected chi connectivity index (χ1v) is 16.4. The Morgan fingerprint density at radius 3 is 2.20 bits per heavy atom. The van der Waals surface area contributed by atoms with Crippen molar-refractivity contribution in [3.8, 4) is 0 Å². The summed E-state index contributed by atoms with van der Waals surface area (Å²) in [6.07, 6.45) is 11.4. The van der Waals surface area contributed by atoms with E-state index in [-0.39, 0.29) is 39.1 Å². The molecule has 4 saturated carbocycles. The molecule has 9 atom stereocenters. The van der Waals surface area contributed by atoms with Gasteiger partial charge < -0.3 is 10.5 Å². The van der Waals surface area contributed by atoms with Gasteiger partial charge in [-0.15, -0.1) is 0 Å². The summed E-state index contributed by atoms with van der Waals surface area (Å²) in [4.78, 5) is 26.5. The summed E-state index contributed by atoms with van der Waals surface area (Å²) < 4.78 is 4.90. The Kier molecular flexibility index (Phi) is 6.60. The molecule has 4 heteroatoms. The van der Waals surface area contributed by atoms with Crippen LogP contribution in [0.1, 0.15) is 116 Å². The minimum absolute atomic E-state index is 0.00706. The molecule has 41 heavy (non-hydrogen) atoms. The lowest BCUT2D eigenvalue weighted by atomic mass is 9.32. The van der Waals surface area contributed by atoms with E-state index in [2.05, 4.69) is 48.5 Å². The van der Waals surface area contributed by atoms with Crippen molar-refractivity contribution < 1.29 is 14.3 Å². The van der Waals surface area contributed by atoms with Crippen molar-refractivity contribution in [3.63, 3.8) is 0 Å². The minimum atomic E-state index is -0.371. The Bertz CT molecular complexity index is 1280. The van der Waals surface area contributed by atoms with Crippen molar-refractivity contribution in [1.29, 1.82) is 0 Å². The van der Waals surface area contributed by atoms with E-state index in [4.69, 9.17) is 10.5 Å². The van der Waals surface area contributed by atoms with Crippen molar-refractivity contribution in [1.82, 2.24) is 0 Å². The van der Waals surface area contributed by atoms with E-state index >= 15 is 0 Å². The number of benzene rings is 1. The molecule has 0 aromatic heterocycles. The summed E-state index contributed by atoms with van der Waals surface area (Å²) >= 11 is 0. The molecule has 1 aromatic rings. The standard InChI is InChI=1S/C37H53NO3/c1-22(2)25-15-18-37(38)20-19-34(5)26(31(25)37)13-14-29-35(34,6)17-16-28-33(3,4)27(21-30(39)36(28,29)7)23-9-11-24(12-10-23)32(40)41-8/h9-12,21-22,25-26,28-29,31H,13-20,38H2,1-8H3/t25-,26+,28-,29-,31+,34+,35+,36-,37-/m0/s1. The normalized spacial score (nSPS) is 44.8. The number of carbonyl (C=O) groups is 2. The first kappa shape index (κ1) is 29.1. The highest BCUT2D eigenvalue weighted by Crippen LogP contribution is 2.76. The second-order valence-corrected chi connectivity index (χ2v) is 16.4. The van der Waals surface area contributed by atoms with Crippen molar-refractivity contribution in [2.75, 3.05) is 7.11 Å². The van der Waals surface area contributed by atoms with Crippen LogP contribution < -0.4 is 5.73 Å². The third-order valence-corrected chi connectivity index (χ3v) is 14.5. The molecule has 0 bridgehead atoms. The van der Waals surface area contributed by atoms with Crippen molar-refractivity contribution >= 4 is 17.3 Å². The maximum absolute atomic E-state index is 14.5. The van der Waals surface area contributed by atoms with Crippen LogP contribution in [0.2, 0.25) is 0 Å². The SMILES string of the molecule is COC(=O)c1ccc(C2=CC(=O)[C@]3(C)[C@H]4CC[C@@H]5[C@H]6[C@H](C(C)C)CC[C@]6(N)CC[C@@]5(C)[C@]4(C)CC[C@H]3C2(C)C)cc1. The van der Waals surface area contributed by atoms with Crippen LogP contribution in [0, 0.1) is 57.2 Å². The van der Waals surface area contributed by atoms with Crippen molar-refractivity contribution in [3.05, 3.63) is 41.5 Å². The zero-order valence-corrected chi connectivity index (χ0v) is 26.8. The van der Waals surface area contributed by atoms with Gasteiger partial charge in [-0.3, -0.25) is 4.79 Å². The predicted octanol–water partition coefficient (Wildman–Crippen LogP) is 8.09. The van der Waals surface area contributed by atoms with E-state index in [0.29, 0.717) is 35.0 Å². The van der Waals surface area contributed by atoms with Crippen LogP contribution in [0.4, 0.5) is 0 Å². The minimum Gasteiger partial charge on any atom is -0.465 e. The summed E-state index contributed by atoms with van der Waals surface area (Å²) in [5.41, 5.74) is 9.79. The molecule has 0 amide bonds. The van der Waals surface area contributed by atoms with Gasteiger partial charge in [0.2, 0.25) is 0 Å². The zero-order valence-electron chi connectivity index (χ0n) is 26.8. The maximum atomic E-state index is 14.5. The van der Waals surface area contributed by atoms with E-state index in [1.807, 2.05) is 30.3 Å². The molecule has 4 fully saturated rings. The van der Waals surface area contributed by atoms with E-state index in [1.54, 1.807) is 0 Å². The molecule has 0 unspecified atom stereocenters. The molecule has 2 N–H and O–H groups in total. The van der Waals surface area contributed by atoms with E-state index in [9.17, 15) is 9.59 Å². The number of ether oxygens (including phenoxy) is 1. The van der Waals surface area contributed by atoms with Gasteiger partial charge in [-0.25, -0.2) is 4.79 Å². The largest absolute Gasteiger partial charge is 0.465 e. The number of fused-ring (bicyclic) bond motifs is 7. The number of carbonyl (C=O) groups excluding carboxylic acids is 2. The molecule has 1 aromatic carbocycles. The van der Waals surface area contributed by atoms with Crippen LogP contribution in [0.25, 0.3) is 5.57 Å². The Labute approximate surface area is 248 Å². The van der Waals surface area contributed by atoms with Crippen molar-refractivity contribution in [2.24, 2.45) is 62.9 Å². The Balaban J connectivity index is 1.38. The van der Waals surface area contributed by atoms with Crippen LogP contribution in [-0.4, -0.2) is 24.4 Å². The topological polar surface area (TPSA) is 69.4 Å². The number of nitrogens with two attached hydrogens (primary N) is 1. The fraction of sp³-hybridized carbons (Fsp3) is 0.730. The number of esters is 1. The van der Waals surface area contributed by atoms with Crippen LogP contribution in [-0.2, 0) is 9.53 Å². The lowest BCUT2D eigenvalue weighted by Gasteiger charge is -2.71. The molecule has 5 aliphatic carbocycles. The number of hydrogen-bond acceptors (Lipinski definition) is 4. The van der Waals surface area contributed by atoms with Gasteiger partial charge in [0.1, 0.15) is 0 Å². The number of ketones is 1. The quantitative estimate of drug-likeness (QED) is 0.380. The van der Waals surface area contributed by atoms with E-state index < -0.39 is 0 Å². The molecular formula is C37H53NO3. The van der Waals surface area contributed by atoms with Gasteiger partial charge in [-0.2, -0.15) is 0 Å². The molecule has 0 saturated heterocycles. The average molecular weight is 560 g/mol. The third kappa shape index (κ3) is 3.74. The highest BCUT2D eigenvalue weighted by molar-refractivity contribution is 6.04. The van der Waals surface area contributed by atoms with Crippen LogP contribution in [0.3, 0.4) is 0 Å². The molecule has 6 rings (SSSR count). The second kappa shape index (κ2) is 9.28. The van der Waals surface area contributed by atoms with E-state index in [0.717, 1.165) is 36.3 Å². The number of rotatable bonds is 3. The molecule has 0 spiro atoms. The number of allylic oxidation sites excluding steroid dienone is 2. The maximum Gasteiger partial charge on any atom is 0.337 e. The van der Waals surface area contributed by atoms with Gasteiger partial charge in [-0.05, 0) is 132 Å². The Morgan fingerprint density at radius 1 is 0.878 bits per heavy atom. The summed E-state index contributed by atoms with van der Waals surface area (Å²) in [6.45, 7) is 17.1. The highest BCUT2D eigenvalue weighted by atomic mass is 16.5. The summed E-state index contributed by atoms with van der Waals surface area (Å²) in [5.74, 6) is 3.32. The van der Waals surface area contributed by atoms with Gasteiger partial charge >= 0.3 is 5.97 Å². The van der Waals surface area contributed by atoms with Crippen LogP contribution in [0.15, 0.2) is 30.3 Å². The third-order valence-electron chi connectivity index (χ3n) is 14.5. The monoisotopic (exact) mass is 559 g/mol. The predicted molar refractivity (Wildman–Crippen MR) is 165 cm³/mol. The van der Waals surface area contributed by atoms with E-state index in [1.165, 1.54) is 39.2 Å². The van der Waals surface area contributed by atoms with Gasteiger partial charge in [0.25, 0.3) is 0 Å². The summed E-state index contributed by atoms with van der Waals surface area (Å²) in [7, 11) is 1.41. The number of methoxy groups -OCH3 is 1. The summed E-state index contributed by atoms with van der Waals surface area (Å²) in [6, 6.07) is 7.63. The molecule has 0 radical (unpaired) electrons. The molecule has 0 aliphatic heterocycles. The first-order valence-electron chi connectivity index (χ1n) is 16.4. The summed E-state index contributed by atoms with van der Waals surface area (Å²) in [5, 5.41) is 0. The molecule has 5 aliphatic rings. The highest BCUT2D eigenvalue weighted by Gasteiger charge is 2.71. The smallest absolute Gasteiger partial charge is 0.337 e. The number of hydrogen-bond donors (Lipinski definition) is 1. The fourth-order valence-electron chi connectivity index (χ4n) is 12.2. The molecule has 4 nitrogen and oxygen atoms in total. The Morgan fingerprint density at radius 2 is 1.56 bits per heavy atom. The van der Waals surface area contributed by atoms with Gasteiger partial charge in [-0.1, -0.05) is 60.6 Å². The first-order chi connectivity index (χ1) is 19.1. The van der Waals surface area contributed by atoms with Crippen LogP contribution in [0.5, 0.6) is 0 Å². The van der Waals surface area contributed by atoms with Gasteiger partial charge in [0.05, 0.1) is 12.7 Å². The molecule has 0 heterocycles. The second-order valence-electron chi connectivity index (χ2n) is 16.4. The zero-order chi connectivity index (χ0) is 29.8. The van der Waals surface area contributed by atoms with Crippen LogP contribution >= 0.6 is 0 Å². The van der Waals surface area contributed by atoms with Gasteiger partial charge in [0.15, 0.2) is 5.78 Å².